The smallest absolute Gasteiger partial charge is 0.343 e. The molecule has 2 N–H and O–H groups in total. The quantitative estimate of drug-likeness (QED) is 0.177. The number of carbonyl (C=O) groups excluding carboxylic acids is 6. The average Bonchev–Trinajstić information content (AvgIpc) is 3.45. The van der Waals surface area contributed by atoms with Crippen LogP contribution >= 0.6 is 0 Å². The van der Waals surface area contributed by atoms with Crippen LogP contribution in [-0.2, 0) is 0 Å². The van der Waals surface area contributed by atoms with Crippen molar-refractivity contribution < 1.29 is 38.2 Å². The van der Waals surface area contributed by atoms with Crippen LogP contribution in [-0.4, -0.2) is 79.6 Å². The van der Waals surface area contributed by atoms with Crippen LogP contribution in [0.5, 0.6) is 11.5 Å². The third-order valence-corrected chi connectivity index (χ3v) is 10.6. The molecule has 0 unspecified atom stereocenters. The minimum absolute atomic E-state index is 0.106. The lowest BCUT2D eigenvalue weighted by atomic mass is 9.79. The maximum Gasteiger partial charge on any atom is 0.343 e. The van der Waals surface area contributed by atoms with Gasteiger partial charge in [-0.3, -0.25) is 29.0 Å². The number of piperidine rings is 2. The topological polar surface area (TPSA) is 151 Å². The van der Waals surface area contributed by atoms with E-state index in [0.29, 0.717) is 25.7 Å². The van der Waals surface area contributed by atoms with E-state index in [4.69, 9.17) is 9.47 Å². The standard InChI is InChI=1S/C42H46N4O8/c1-39(2)19-25(20-40(3,4)43-39)45-33(47)29-15-9-23(17-31(29)35(45)49)37(51)53-27-11-13-28(14-12-27)54-38(52)24-10-16-30-32(18-24)36(50)46(34(30)48)26-21-41(5,6)44-42(7,8)22-26/h9-18,25-26,43-44H,19-22H2,1-8H3. The molecule has 7 rings (SSSR count). The maximum atomic E-state index is 13.6. The van der Waals surface area contributed by atoms with E-state index in [2.05, 4.69) is 66.0 Å². The average molecular weight is 735 g/mol. The summed E-state index contributed by atoms with van der Waals surface area (Å²) in [7, 11) is 0. The molecule has 12 nitrogen and oxygen atoms in total. The summed E-state index contributed by atoms with van der Waals surface area (Å²) < 4.78 is 11.1. The summed E-state index contributed by atoms with van der Waals surface area (Å²) in [5, 5.41) is 7.14. The number of nitrogens with one attached hydrogen (secondary N) is 2. The molecule has 2 fully saturated rings. The van der Waals surface area contributed by atoms with E-state index >= 15 is 0 Å². The summed E-state index contributed by atoms with van der Waals surface area (Å²) in [6, 6.07) is 13.9. The Labute approximate surface area is 314 Å². The van der Waals surface area contributed by atoms with Crippen LogP contribution in [0.25, 0.3) is 0 Å². The summed E-state index contributed by atoms with van der Waals surface area (Å²) in [6.45, 7) is 16.4. The number of amides is 4. The lowest BCUT2D eigenvalue weighted by Crippen LogP contribution is -2.62. The molecule has 3 aromatic rings. The monoisotopic (exact) mass is 734 g/mol. The fourth-order valence-corrected chi connectivity index (χ4v) is 9.25. The van der Waals surface area contributed by atoms with Crippen molar-refractivity contribution >= 4 is 35.6 Å². The number of rotatable bonds is 6. The zero-order chi connectivity index (χ0) is 39.1. The molecule has 2 saturated heterocycles. The van der Waals surface area contributed by atoms with E-state index < -0.39 is 23.8 Å². The Morgan fingerprint density at radius 1 is 0.500 bits per heavy atom. The number of hydrogen-bond donors (Lipinski definition) is 2. The van der Waals surface area contributed by atoms with E-state index in [9.17, 15) is 28.8 Å². The first-order valence-corrected chi connectivity index (χ1v) is 18.3. The number of benzene rings is 3. The van der Waals surface area contributed by atoms with Crippen molar-refractivity contribution in [1.82, 2.24) is 20.4 Å². The zero-order valence-electron chi connectivity index (χ0n) is 31.9. The van der Waals surface area contributed by atoms with Crippen LogP contribution < -0.4 is 20.1 Å². The molecule has 0 spiro atoms. The molecule has 54 heavy (non-hydrogen) atoms. The Balaban J connectivity index is 0.993. The van der Waals surface area contributed by atoms with Crippen LogP contribution in [0.3, 0.4) is 0 Å². The van der Waals surface area contributed by atoms with Gasteiger partial charge < -0.3 is 20.1 Å². The molecule has 0 aliphatic carbocycles. The Kier molecular flexibility index (Phi) is 8.73. The molecule has 0 atom stereocenters. The van der Waals surface area contributed by atoms with E-state index in [0.717, 1.165) is 0 Å². The van der Waals surface area contributed by atoms with Gasteiger partial charge in [0, 0.05) is 34.2 Å². The molecular weight excluding hydrogens is 688 g/mol. The van der Waals surface area contributed by atoms with Gasteiger partial charge in [0.25, 0.3) is 23.6 Å². The number of carbonyl (C=O) groups is 6. The van der Waals surface area contributed by atoms with Gasteiger partial charge >= 0.3 is 11.9 Å². The summed E-state index contributed by atoms with van der Waals surface area (Å²) in [5.74, 6) is -2.73. The Bertz CT molecular complexity index is 1950. The predicted molar refractivity (Wildman–Crippen MR) is 199 cm³/mol. The summed E-state index contributed by atoms with van der Waals surface area (Å²) in [5.41, 5.74) is -0.0726. The van der Waals surface area contributed by atoms with Gasteiger partial charge in [0.15, 0.2) is 0 Å². The Morgan fingerprint density at radius 3 is 1.11 bits per heavy atom. The SMILES string of the molecule is CC1(C)CC(N2C(=O)c3ccc(C(=O)Oc4ccc(OC(=O)c5ccc6c(c5)C(=O)N(C5CC(C)(C)NC(C)(C)C5)C6=O)cc4)cc3C2=O)CC(C)(C)N1. The summed E-state index contributed by atoms with van der Waals surface area (Å²) in [4.78, 5) is 82.8. The molecule has 4 aliphatic rings. The predicted octanol–water partition coefficient (Wildman–Crippen LogP) is 5.94. The first-order valence-electron chi connectivity index (χ1n) is 18.3. The van der Waals surface area contributed by atoms with Gasteiger partial charge in [-0.15, -0.1) is 0 Å². The van der Waals surface area contributed by atoms with Gasteiger partial charge in [0.2, 0.25) is 0 Å². The highest BCUT2D eigenvalue weighted by atomic mass is 16.5. The van der Waals surface area contributed by atoms with Crippen molar-refractivity contribution in [3.63, 3.8) is 0 Å². The first kappa shape index (κ1) is 37.1. The van der Waals surface area contributed by atoms with Crippen LogP contribution in [0.15, 0.2) is 60.7 Å². The van der Waals surface area contributed by atoms with Gasteiger partial charge in [0.1, 0.15) is 11.5 Å². The number of hydrogen-bond acceptors (Lipinski definition) is 10. The molecule has 282 valence electrons. The number of imide groups is 2. The second-order valence-corrected chi connectivity index (χ2v) is 17.6. The molecule has 3 aromatic carbocycles. The van der Waals surface area contributed by atoms with Crippen molar-refractivity contribution in [2.45, 2.75) is 115 Å². The van der Waals surface area contributed by atoms with Gasteiger partial charge in [-0.1, -0.05) is 0 Å². The first-order chi connectivity index (χ1) is 25.1. The number of nitrogens with zero attached hydrogens (tertiary/aromatic N) is 2. The Morgan fingerprint density at radius 2 is 0.796 bits per heavy atom. The van der Waals surface area contributed by atoms with Crippen molar-refractivity contribution in [3.05, 3.63) is 94.0 Å². The van der Waals surface area contributed by atoms with Crippen LogP contribution in [0, 0.1) is 0 Å². The van der Waals surface area contributed by atoms with Gasteiger partial charge in [-0.05, 0) is 142 Å². The van der Waals surface area contributed by atoms with E-state index in [-0.39, 0.29) is 90.9 Å². The highest BCUT2D eigenvalue weighted by molar-refractivity contribution is 6.23. The van der Waals surface area contributed by atoms with Crippen molar-refractivity contribution in [2.75, 3.05) is 0 Å². The van der Waals surface area contributed by atoms with Crippen LogP contribution in [0.4, 0.5) is 0 Å². The minimum atomic E-state index is -0.728. The summed E-state index contributed by atoms with van der Waals surface area (Å²) in [6.07, 6.45) is 2.41. The second-order valence-electron chi connectivity index (χ2n) is 17.6. The lowest BCUT2D eigenvalue weighted by molar-refractivity contribution is 0.0393. The van der Waals surface area contributed by atoms with Crippen molar-refractivity contribution in [2.24, 2.45) is 0 Å². The van der Waals surface area contributed by atoms with E-state index in [1.807, 2.05) is 0 Å². The fraction of sp³-hybridized carbons (Fsp3) is 0.429. The summed E-state index contributed by atoms with van der Waals surface area (Å²) >= 11 is 0. The molecule has 4 amide bonds. The molecule has 12 heteroatoms. The third-order valence-electron chi connectivity index (χ3n) is 10.6. The number of esters is 2. The van der Waals surface area contributed by atoms with Crippen LogP contribution in [0.1, 0.15) is 143 Å². The highest BCUT2D eigenvalue weighted by Gasteiger charge is 2.48. The van der Waals surface area contributed by atoms with Crippen LogP contribution in [0.2, 0.25) is 0 Å². The van der Waals surface area contributed by atoms with Gasteiger partial charge in [-0.2, -0.15) is 0 Å². The molecule has 0 saturated carbocycles. The van der Waals surface area contributed by atoms with E-state index in [1.54, 1.807) is 0 Å². The third kappa shape index (κ3) is 6.96. The van der Waals surface area contributed by atoms with E-state index in [1.165, 1.54) is 70.5 Å². The Hall–Kier alpha value is -5.20. The molecule has 0 aromatic heterocycles. The van der Waals surface area contributed by atoms with Gasteiger partial charge in [-0.25, -0.2) is 9.59 Å². The molecule has 0 radical (unpaired) electrons. The normalized spacial score (nSPS) is 21.6. The molecule has 4 heterocycles. The molecule has 0 bridgehead atoms. The number of fused-ring (bicyclic) bond motifs is 2. The zero-order valence-corrected chi connectivity index (χ0v) is 31.9. The largest absolute Gasteiger partial charge is 0.423 e. The minimum Gasteiger partial charge on any atom is -0.423 e. The number of ether oxygens (including phenoxy) is 2. The maximum absolute atomic E-state index is 13.6. The fourth-order valence-electron chi connectivity index (χ4n) is 9.25. The second kappa shape index (κ2) is 12.7. The lowest BCUT2D eigenvalue weighted by Gasteiger charge is -2.48. The van der Waals surface area contributed by atoms with Gasteiger partial charge in [0.05, 0.1) is 33.4 Å². The van der Waals surface area contributed by atoms with Crippen molar-refractivity contribution in [3.8, 4) is 11.5 Å². The highest BCUT2D eigenvalue weighted by Crippen LogP contribution is 2.38. The molecule has 4 aliphatic heterocycles. The van der Waals surface area contributed by atoms with Crippen molar-refractivity contribution in [1.29, 1.82) is 0 Å². The molecular formula is C42H46N4O8.